The summed E-state index contributed by atoms with van der Waals surface area (Å²) in [5.74, 6) is -2.61. The van der Waals surface area contributed by atoms with E-state index in [-0.39, 0.29) is 10.3 Å². The zero-order valence-corrected chi connectivity index (χ0v) is 12.4. The molecule has 1 N–H and O–H groups in total. The van der Waals surface area contributed by atoms with Gasteiger partial charge in [-0.2, -0.15) is 0 Å². The van der Waals surface area contributed by atoms with Gasteiger partial charge in [0.1, 0.15) is 23.0 Å². The van der Waals surface area contributed by atoms with Crippen LogP contribution in [-0.4, -0.2) is 10.9 Å². The fourth-order valence-corrected chi connectivity index (χ4v) is 2.16. The highest BCUT2D eigenvalue weighted by Crippen LogP contribution is 2.22. The van der Waals surface area contributed by atoms with Crippen LogP contribution in [0.5, 0.6) is 0 Å². The molecule has 0 radical (unpaired) electrons. The molecule has 1 amide bonds. The van der Waals surface area contributed by atoms with Gasteiger partial charge < -0.3 is 5.32 Å². The first-order valence-corrected chi connectivity index (χ1v) is 6.64. The van der Waals surface area contributed by atoms with E-state index in [0.717, 1.165) is 12.1 Å². The van der Waals surface area contributed by atoms with Crippen molar-refractivity contribution in [2.75, 3.05) is 5.32 Å². The average Bonchev–Trinajstić information content (AvgIpc) is 2.30. The van der Waals surface area contributed by atoms with Crippen molar-refractivity contribution in [3.8, 4) is 0 Å². The number of halogens is 4. The lowest BCUT2D eigenvalue weighted by atomic mass is 10.2. The predicted molar refractivity (Wildman–Crippen MR) is 73.9 cm³/mol. The molecule has 7 heteroatoms. The fraction of sp³-hybridized carbons (Fsp3) is 0. The summed E-state index contributed by atoms with van der Waals surface area (Å²) in [6.45, 7) is 0. The summed E-state index contributed by atoms with van der Waals surface area (Å²) in [5.41, 5.74) is -0.652. The number of carbonyl (C=O) groups excluding carboxylic acids is 1. The summed E-state index contributed by atoms with van der Waals surface area (Å²) in [4.78, 5) is 15.7. The Bertz CT molecular complexity index is 626. The van der Waals surface area contributed by atoms with Crippen LogP contribution in [0.1, 0.15) is 10.4 Å². The van der Waals surface area contributed by atoms with Crippen LogP contribution in [0, 0.1) is 11.6 Å². The topological polar surface area (TPSA) is 42.0 Å². The lowest BCUT2D eigenvalue weighted by Crippen LogP contribution is -2.17. The van der Waals surface area contributed by atoms with E-state index in [4.69, 9.17) is 0 Å². The third-order valence-electron chi connectivity index (χ3n) is 2.22. The number of anilines is 1. The number of hydrogen-bond donors (Lipinski definition) is 1. The van der Waals surface area contributed by atoms with Crippen molar-refractivity contribution in [3.63, 3.8) is 0 Å². The molecule has 2 aromatic rings. The second-order valence-corrected chi connectivity index (χ2v) is 5.30. The van der Waals surface area contributed by atoms with E-state index in [0.29, 0.717) is 4.47 Å². The Hall–Kier alpha value is -1.34. The number of nitrogens with zero attached hydrogens (tertiary/aromatic N) is 1. The molecule has 98 valence electrons. The molecule has 0 aliphatic rings. The maximum atomic E-state index is 13.6. The van der Waals surface area contributed by atoms with Gasteiger partial charge in [-0.15, -0.1) is 0 Å². The highest BCUT2D eigenvalue weighted by Gasteiger charge is 2.19. The van der Waals surface area contributed by atoms with Crippen molar-refractivity contribution in [2.24, 2.45) is 0 Å². The van der Waals surface area contributed by atoms with Gasteiger partial charge in [0, 0.05) is 10.7 Å². The summed E-state index contributed by atoms with van der Waals surface area (Å²) in [7, 11) is 0. The van der Waals surface area contributed by atoms with Crippen molar-refractivity contribution in [2.45, 2.75) is 0 Å². The number of carbonyl (C=O) groups is 1. The summed E-state index contributed by atoms with van der Waals surface area (Å²) in [6.07, 6.45) is 1.45. The molecule has 0 unspecified atom stereocenters. The molecular weight excluding hydrogens is 386 g/mol. The van der Waals surface area contributed by atoms with Crippen LogP contribution in [0.25, 0.3) is 0 Å². The molecule has 0 aliphatic carbocycles. The summed E-state index contributed by atoms with van der Waals surface area (Å²) < 4.78 is 27.9. The number of benzene rings is 1. The SMILES string of the molecule is O=C(Nc1ncccc1Br)c1c(F)cc(Br)cc1F. The number of hydrogen-bond acceptors (Lipinski definition) is 2. The van der Waals surface area contributed by atoms with Gasteiger partial charge in [-0.3, -0.25) is 4.79 Å². The molecule has 1 heterocycles. The molecule has 0 saturated carbocycles. The first kappa shape index (κ1) is 14.1. The first-order chi connectivity index (χ1) is 8.99. The zero-order chi connectivity index (χ0) is 14.0. The molecule has 3 nitrogen and oxygen atoms in total. The zero-order valence-electron chi connectivity index (χ0n) is 9.25. The monoisotopic (exact) mass is 390 g/mol. The van der Waals surface area contributed by atoms with Gasteiger partial charge in [0.15, 0.2) is 0 Å². The van der Waals surface area contributed by atoms with Gasteiger partial charge in [-0.05, 0) is 40.2 Å². The Kier molecular flexibility index (Phi) is 4.26. The van der Waals surface area contributed by atoms with Gasteiger partial charge in [-0.25, -0.2) is 13.8 Å². The van der Waals surface area contributed by atoms with Gasteiger partial charge >= 0.3 is 0 Å². The molecule has 1 aromatic heterocycles. The van der Waals surface area contributed by atoms with Crippen molar-refractivity contribution >= 4 is 43.6 Å². The maximum Gasteiger partial charge on any atom is 0.262 e. The van der Waals surface area contributed by atoms with Crippen molar-refractivity contribution < 1.29 is 13.6 Å². The highest BCUT2D eigenvalue weighted by molar-refractivity contribution is 9.10. The number of pyridine rings is 1. The third kappa shape index (κ3) is 3.16. The first-order valence-electron chi connectivity index (χ1n) is 5.05. The number of rotatable bonds is 2. The molecule has 0 atom stereocenters. The molecule has 0 bridgehead atoms. The number of aromatic nitrogens is 1. The molecule has 0 fully saturated rings. The molecule has 0 saturated heterocycles. The van der Waals surface area contributed by atoms with E-state index in [9.17, 15) is 13.6 Å². The second kappa shape index (κ2) is 5.75. The number of nitrogens with one attached hydrogen (secondary N) is 1. The van der Waals surface area contributed by atoms with Crippen LogP contribution < -0.4 is 5.32 Å². The van der Waals surface area contributed by atoms with Crippen LogP contribution in [0.15, 0.2) is 39.4 Å². The lowest BCUT2D eigenvalue weighted by molar-refractivity contribution is 0.101. The van der Waals surface area contributed by atoms with E-state index in [1.807, 2.05) is 0 Å². The summed E-state index contributed by atoms with van der Waals surface area (Å²) >= 11 is 6.12. The van der Waals surface area contributed by atoms with Crippen LogP contribution in [-0.2, 0) is 0 Å². The molecule has 19 heavy (non-hydrogen) atoms. The standard InChI is InChI=1S/C12H6Br2F2N2O/c13-6-4-8(15)10(9(16)5-6)12(19)18-11-7(14)2-1-3-17-11/h1-5H,(H,17,18,19). The van der Waals surface area contributed by atoms with E-state index in [1.165, 1.54) is 6.20 Å². The Morgan fingerprint density at radius 2 is 1.84 bits per heavy atom. The van der Waals surface area contributed by atoms with E-state index in [2.05, 4.69) is 42.2 Å². The molecule has 2 rings (SSSR count). The highest BCUT2D eigenvalue weighted by atomic mass is 79.9. The lowest BCUT2D eigenvalue weighted by Gasteiger charge is -2.08. The maximum absolute atomic E-state index is 13.6. The molecular formula is C12H6Br2F2N2O. The van der Waals surface area contributed by atoms with Gasteiger partial charge in [0.05, 0.1) is 4.47 Å². The fourth-order valence-electron chi connectivity index (χ4n) is 1.41. The average molecular weight is 392 g/mol. The van der Waals surface area contributed by atoms with Crippen LogP contribution in [0.2, 0.25) is 0 Å². The second-order valence-electron chi connectivity index (χ2n) is 3.53. The minimum absolute atomic E-state index is 0.189. The Labute approximate surface area is 124 Å². The third-order valence-corrected chi connectivity index (χ3v) is 3.32. The largest absolute Gasteiger partial charge is 0.305 e. The van der Waals surface area contributed by atoms with E-state index in [1.54, 1.807) is 12.1 Å². The summed E-state index contributed by atoms with van der Waals surface area (Å²) in [6, 6.07) is 5.34. The van der Waals surface area contributed by atoms with Gasteiger partial charge in [-0.1, -0.05) is 15.9 Å². The Balaban J connectivity index is 2.34. The quantitative estimate of drug-likeness (QED) is 0.835. The van der Waals surface area contributed by atoms with E-state index >= 15 is 0 Å². The van der Waals surface area contributed by atoms with Crippen molar-refractivity contribution in [1.29, 1.82) is 0 Å². The Morgan fingerprint density at radius 1 is 1.21 bits per heavy atom. The van der Waals surface area contributed by atoms with Gasteiger partial charge in [0.25, 0.3) is 5.91 Å². The normalized spacial score (nSPS) is 10.3. The minimum atomic E-state index is -0.948. The predicted octanol–water partition coefficient (Wildman–Crippen LogP) is 4.14. The van der Waals surface area contributed by atoms with Gasteiger partial charge in [0.2, 0.25) is 0 Å². The Morgan fingerprint density at radius 3 is 2.42 bits per heavy atom. The van der Waals surface area contributed by atoms with Crippen molar-refractivity contribution in [1.82, 2.24) is 4.98 Å². The van der Waals surface area contributed by atoms with Crippen LogP contribution >= 0.6 is 31.9 Å². The van der Waals surface area contributed by atoms with Crippen molar-refractivity contribution in [3.05, 3.63) is 56.6 Å². The molecule has 1 aromatic carbocycles. The minimum Gasteiger partial charge on any atom is -0.305 e. The number of amides is 1. The van der Waals surface area contributed by atoms with Crippen LogP contribution in [0.4, 0.5) is 14.6 Å². The van der Waals surface area contributed by atoms with Crippen LogP contribution in [0.3, 0.4) is 0 Å². The van der Waals surface area contributed by atoms with E-state index < -0.39 is 23.1 Å². The smallest absolute Gasteiger partial charge is 0.262 e. The molecule has 0 aliphatic heterocycles. The summed E-state index contributed by atoms with van der Waals surface area (Å²) in [5, 5.41) is 2.34. The molecule has 0 spiro atoms.